The number of aryl methyl sites for hydroxylation is 2. The van der Waals surface area contributed by atoms with Gasteiger partial charge in [-0.2, -0.15) is 0 Å². The van der Waals surface area contributed by atoms with Crippen molar-refractivity contribution < 1.29 is 9.21 Å². The van der Waals surface area contributed by atoms with Gasteiger partial charge in [-0.1, -0.05) is 4.49 Å². The average molecular weight is 384 g/mol. The zero-order valence-electron chi connectivity index (χ0n) is 13.8. The molecule has 26 heavy (non-hydrogen) atoms. The lowest BCUT2D eigenvalue weighted by Crippen LogP contribution is -2.12. The van der Waals surface area contributed by atoms with Crippen molar-refractivity contribution in [3.8, 4) is 21.2 Å². The molecule has 1 N–H and O–H groups in total. The molecule has 0 aliphatic heterocycles. The highest BCUT2D eigenvalue weighted by Crippen LogP contribution is 2.37. The van der Waals surface area contributed by atoms with Gasteiger partial charge in [0.25, 0.3) is 11.8 Å². The molecule has 8 nitrogen and oxygen atoms in total. The van der Waals surface area contributed by atoms with E-state index in [1.807, 2.05) is 19.1 Å². The Labute approximate surface area is 156 Å². The quantitative estimate of drug-likeness (QED) is 0.573. The second-order valence-electron chi connectivity index (χ2n) is 5.44. The molecule has 0 aromatic carbocycles. The highest BCUT2D eigenvalue weighted by atomic mass is 32.1. The molecule has 4 aromatic heterocycles. The molecule has 0 atom stereocenters. The number of aromatic nitrogens is 5. The van der Waals surface area contributed by atoms with Crippen molar-refractivity contribution in [2.24, 2.45) is 0 Å². The van der Waals surface area contributed by atoms with Gasteiger partial charge in [-0.05, 0) is 49.1 Å². The lowest BCUT2D eigenvalue weighted by molar-refractivity contribution is 0.102. The summed E-state index contributed by atoms with van der Waals surface area (Å²) in [7, 11) is 0. The summed E-state index contributed by atoms with van der Waals surface area (Å²) in [5.74, 6) is 0.705. The standard InChI is InChI=1S/C16H12N6O2S2/c1-8-5-11(16-21-18-7-24-16)25-13(8)10-3-4-12(17-6-10)19-15(23)14-9(2)20-22-26-14/h3-7H,1-2H3,(H,17,19,23). The molecule has 0 fully saturated rings. The number of anilines is 1. The van der Waals surface area contributed by atoms with Crippen LogP contribution in [0.3, 0.4) is 0 Å². The molecule has 0 saturated carbocycles. The molecule has 4 heterocycles. The van der Waals surface area contributed by atoms with Gasteiger partial charge in [-0.25, -0.2) is 4.98 Å². The third-order valence-electron chi connectivity index (χ3n) is 3.61. The smallest absolute Gasteiger partial charge is 0.270 e. The first-order chi connectivity index (χ1) is 12.6. The summed E-state index contributed by atoms with van der Waals surface area (Å²) >= 11 is 2.61. The first-order valence-electron chi connectivity index (χ1n) is 7.55. The lowest BCUT2D eigenvalue weighted by atomic mass is 10.1. The fourth-order valence-corrected chi connectivity index (χ4v) is 4.01. The number of nitrogens with zero attached hydrogens (tertiary/aromatic N) is 5. The van der Waals surface area contributed by atoms with Crippen LogP contribution in [-0.4, -0.2) is 30.7 Å². The Morgan fingerprint density at radius 1 is 1.23 bits per heavy atom. The van der Waals surface area contributed by atoms with Crippen LogP contribution in [0.2, 0.25) is 0 Å². The fraction of sp³-hybridized carbons (Fsp3) is 0.125. The van der Waals surface area contributed by atoms with Gasteiger partial charge in [0.05, 0.1) is 10.6 Å². The molecule has 10 heteroatoms. The van der Waals surface area contributed by atoms with Crippen molar-refractivity contribution in [1.29, 1.82) is 0 Å². The minimum atomic E-state index is -0.260. The van der Waals surface area contributed by atoms with Crippen LogP contribution in [0.15, 0.2) is 35.2 Å². The van der Waals surface area contributed by atoms with Crippen LogP contribution in [-0.2, 0) is 0 Å². The first kappa shape index (κ1) is 16.5. The molecule has 0 aliphatic rings. The highest BCUT2D eigenvalue weighted by Gasteiger charge is 2.15. The van der Waals surface area contributed by atoms with Crippen LogP contribution < -0.4 is 5.32 Å². The molecule has 1 amide bonds. The van der Waals surface area contributed by atoms with Gasteiger partial charge in [0.2, 0.25) is 6.39 Å². The van der Waals surface area contributed by atoms with E-state index in [2.05, 4.69) is 30.1 Å². The maximum absolute atomic E-state index is 12.2. The number of nitrogens with one attached hydrogen (secondary N) is 1. The Balaban J connectivity index is 1.55. The number of carbonyl (C=O) groups excluding carboxylic acids is 1. The third-order valence-corrected chi connectivity index (χ3v) is 5.71. The maximum Gasteiger partial charge on any atom is 0.270 e. The van der Waals surface area contributed by atoms with Crippen LogP contribution in [0.5, 0.6) is 0 Å². The fourth-order valence-electron chi connectivity index (χ4n) is 2.37. The summed E-state index contributed by atoms with van der Waals surface area (Å²) in [6.45, 7) is 3.76. The van der Waals surface area contributed by atoms with E-state index in [-0.39, 0.29) is 5.91 Å². The van der Waals surface area contributed by atoms with Crippen LogP contribution in [0, 0.1) is 13.8 Å². The van der Waals surface area contributed by atoms with Crippen LogP contribution in [0.4, 0.5) is 5.82 Å². The zero-order chi connectivity index (χ0) is 18.1. The summed E-state index contributed by atoms with van der Waals surface area (Å²) in [5.41, 5.74) is 2.65. The van der Waals surface area contributed by atoms with Gasteiger partial charge in [0.15, 0.2) is 0 Å². The SMILES string of the molecule is Cc1cc(-c2nnco2)sc1-c1ccc(NC(=O)c2snnc2C)nc1. The van der Waals surface area contributed by atoms with Crippen molar-refractivity contribution in [2.75, 3.05) is 5.32 Å². The van der Waals surface area contributed by atoms with Crippen LogP contribution in [0.1, 0.15) is 20.9 Å². The molecule has 0 bridgehead atoms. The number of carbonyl (C=O) groups is 1. The van der Waals surface area contributed by atoms with Gasteiger partial charge in [0, 0.05) is 16.6 Å². The molecule has 0 spiro atoms. The molecular formula is C16H12N6O2S2. The summed E-state index contributed by atoms with van der Waals surface area (Å²) in [6, 6.07) is 5.68. The second kappa shape index (κ2) is 6.73. The Kier molecular flexibility index (Phi) is 4.27. The van der Waals surface area contributed by atoms with E-state index in [0.29, 0.717) is 22.3 Å². The van der Waals surface area contributed by atoms with Gasteiger partial charge >= 0.3 is 0 Å². The van der Waals surface area contributed by atoms with Crippen molar-refractivity contribution in [1.82, 2.24) is 24.8 Å². The number of rotatable bonds is 4. The zero-order valence-corrected chi connectivity index (χ0v) is 15.4. The Morgan fingerprint density at radius 2 is 2.12 bits per heavy atom. The number of hydrogen-bond acceptors (Lipinski definition) is 9. The monoisotopic (exact) mass is 384 g/mol. The molecule has 130 valence electrons. The highest BCUT2D eigenvalue weighted by molar-refractivity contribution is 7.19. The summed E-state index contributed by atoms with van der Waals surface area (Å²) in [4.78, 5) is 19.0. The van der Waals surface area contributed by atoms with E-state index >= 15 is 0 Å². The topological polar surface area (TPSA) is 107 Å². The predicted octanol–water partition coefficient (Wildman–Crippen LogP) is 3.58. The molecule has 0 unspecified atom stereocenters. The number of hydrogen-bond donors (Lipinski definition) is 1. The molecule has 0 aliphatic carbocycles. The Bertz CT molecular complexity index is 1050. The summed E-state index contributed by atoms with van der Waals surface area (Å²) in [6.07, 6.45) is 3.03. The number of pyridine rings is 1. The average Bonchev–Trinajstić information content (AvgIpc) is 3.36. The van der Waals surface area contributed by atoms with Crippen molar-refractivity contribution in [2.45, 2.75) is 13.8 Å². The van der Waals surface area contributed by atoms with E-state index in [1.54, 1.807) is 30.5 Å². The van der Waals surface area contributed by atoms with Crippen LogP contribution >= 0.6 is 22.9 Å². The van der Waals surface area contributed by atoms with Gasteiger partial charge < -0.3 is 9.73 Å². The summed E-state index contributed by atoms with van der Waals surface area (Å²) < 4.78 is 9.01. The van der Waals surface area contributed by atoms with Crippen molar-refractivity contribution in [3.63, 3.8) is 0 Å². The minimum absolute atomic E-state index is 0.260. The molecule has 4 aromatic rings. The minimum Gasteiger partial charge on any atom is -0.423 e. The van der Waals surface area contributed by atoms with E-state index in [4.69, 9.17) is 4.42 Å². The van der Waals surface area contributed by atoms with Gasteiger partial charge in [-0.3, -0.25) is 4.79 Å². The third kappa shape index (κ3) is 3.11. The molecule has 0 radical (unpaired) electrons. The predicted molar refractivity (Wildman–Crippen MR) is 98.2 cm³/mol. The molecule has 0 saturated heterocycles. The van der Waals surface area contributed by atoms with E-state index in [0.717, 1.165) is 32.4 Å². The van der Waals surface area contributed by atoms with E-state index in [9.17, 15) is 4.79 Å². The van der Waals surface area contributed by atoms with E-state index < -0.39 is 0 Å². The van der Waals surface area contributed by atoms with E-state index in [1.165, 1.54) is 6.39 Å². The van der Waals surface area contributed by atoms with Gasteiger partial charge in [-0.15, -0.1) is 26.6 Å². The molecule has 4 rings (SSSR count). The van der Waals surface area contributed by atoms with Crippen molar-refractivity contribution in [3.05, 3.63) is 46.9 Å². The normalized spacial score (nSPS) is 10.8. The second-order valence-corrected chi connectivity index (χ2v) is 7.25. The van der Waals surface area contributed by atoms with Gasteiger partial charge in [0.1, 0.15) is 10.7 Å². The molecular weight excluding hydrogens is 372 g/mol. The Morgan fingerprint density at radius 3 is 2.77 bits per heavy atom. The first-order valence-corrected chi connectivity index (χ1v) is 9.14. The number of amides is 1. The number of thiophene rings is 1. The Hall–Kier alpha value is -2.98. The van der Waals surface area contributed by atoms with Crippen LogP contribution in [0.25, 0.3) is 21.2 Å². The lowest BCUT2D eigenvalue weighted by Gasteiger charge is -2.04. The summed E-state index contributed by atoms with van der Waals surface area (Å²) in [5, 5.41) is 14.2. The van der Waals surface area contributed by atoms with Crippen molar-refractivity contribution >= 4 is 34.6 Å². The largest absolute Gasteiger partial charge is 0.423 e. The maximum atomic E-state index is 12.2.